The molecule has 1 fully saturated rings. The molecule has 2 heterocycles. The van der Waals surface area contributed by atoms with Crippen molar-refractivity contribution in [2.45, 2.75) is 43.4 Å². The molecule has 31 heavy (non-hydrogen) atoms. The number of carbonyl (C=O) groups is 1. The molecule has 1 aliphatic rings. The first-order valence-electron chi connectivity index (χ1n) is 9.89. The standard InChI is InChI=1S/C21H21F2IN4O2S/c1-30-19-10-17-12(11-28(27-17)13-5-7-14(31-24)8-6-13)9-18(19)26-21(29)16-4-2-3-15(25-16)20(22)23/h2-4,9-11,13-14,20H,5-8H2,1H3,(H,26,29). The molecule has 3 aromatic rings. The van der Waals surface area contributed by atoms with Crippen LogP contribution in [0.2, 0.25) is 0 Å². The normalized spacial score (nSPS) is 19.0. The van der Waals surface area contributed by atoms with Gasteiger partial charge in [0, 0.05) is 22.9 Å². The fourth-order valence-corrected chi connectivity index (χ4v) is 5.79. The van der Waals surface area contributed by atoms with Gasteiger partial charge in [-0.05, 0) is 65.1 Å². The van der Waals surface area contributed by atoms with Crippen LogP contribution in [0.4, 0.5) is 14.5 Å². The Morgan fingerprint density at radius 3 is 2.74 bits per heavy atom. The lowest BCUT2D eigenvalue weighted by Crippen LogP contribution is -2.19. The summed E-state index contributed by atoms with van der Waals surface area (Å²) in [6.45, 7) is 0. The molecule has 0 atom stereocenters. The molecule has 1 aliphatic carbocycles. The second-order valence-electron chi connectivity index (χ2n) is 7.44. The number of rotatable bonds is 6. The van der Waals surface area contributed by atoms with Crippen molar-refractivity contribution >= 4 is 52.6 Å². The predicted octanol–water partition coefficient (Wildman–Crippen LogP) is 6.20. The number of fused-ring (bicyclic) bond motifs is 1. The van der Waals surface area contributed by atoms with Crippen molar-refractivity contribution in [2.75, 3.05) is 12.4 Å². The Balaban J connectivity index is 1.58. The maximum absolute atomic E-state index is 12.9. The molecule has 1 N–H and O–H groups in total. The molecule has 0 unspecified atom stereocenters. The highest BCUT2D eigenvalue weighted by Crippen LogP contribution is 2.38. The maximum Gasteiger partial charge on any atom is 0.280 e. The van der Waals surface area contributed by atoms with E-state index in [1.54, 1.807) is 12.1 Å². The molecular weight excluding hydrogens is 537 g/mol. The zero-order valence-corrected chi connectivity index (χ0v) is 19.7. The van der Waals surface area contributed by atoms with Crippen LogP contribution < -0.4 is 10.1 Å². The minimum Gasteiger partial charge on any atom is -0.494 e. The van der Waals surface area contributed by atoms with E-state index in [-0.39, 0.29) is 5.69 Å². The molecule has 10 heteroatoms. The SMILES string of the molecule is COc1cc2nn(C3CCC(SI)CC3)cc2cc1NC(=O)c1cccc(C(F)F)n1. The summed E-state index contributed by atoms with van der Waals surface area (Å²) in [4.78, 5) is 16.4. The van der Waals surface area contributed by atoms with Gasteiger partial charge in [-0.15, -0.1) is 0 Å². The number of amides is 1. The maximum atomic E-state index is 12.9. The highest BCUT2D eigenvalue weighted by molar-refractivity contribution is 14.2. The molecule has 0 bridgehead atoms. The Bertz CT molecular complexity index is 1090. The van der Waals surface area contributed by atoms with E-state index in [1.807, 2.05) is 19.8 Å². The number of nitrogens with one attached hydrogen (secondary N) is 1. The Morgan fingerprint density at radius 1 is 1.29 bits per heavy atom. The second-order valence-corrected chi connectivity index (χ2v) is 9.81. The Labute approximate surface area is 194 Å². The van der Waals surface area contributed by atoms with Gasteiger partial charge in [0.2, 0.25) is 0 Å². The number of pyridine rings is 1. The first-order chi connectivity index (χ1) is 15.0. The molecule has 164 valence electrons. The van der Waals surface area contributed by atoms with Gasteiger partial charge in [-0.1, -0.05) is 15.0 Å². The number of carbonyl (C=O) groups excluding carboxylic acids is 1. The topological polar surface area (TPSA) is 69.0 Å². The monoisotopic (exact) mass is 558 g/mol. The van der Waals surface area contributed by atoms with E-state index in [2.05, 4.69) is 31.5 Å². The van der Waals surface area contributed by atoms with E-state index in [0.29, 0.717) is 22.7 Å². The van der Waals surface area contributed by atoms with Crippen molar-refractivity contribution in [3.63, 3.8) is 0 Å². The molecule has 4 rings (SSSR count). The summed E-state index contributed by atoms with van der Waals surface area (Å²) in [5, 5.41) is 9.03. The molecule has 0 saturated heterocycles. The number of benzene rings is 1. The third-order valence-electron chi connectivity index (χ3n) is 5.46. The highest BCUT2D eigenvalue weighted by atomic mass is 127. The lowest BCUT2D eigenvalue weighted by Gasteiger charge is -2.26. The third kappa shape index (κ3) is 4.94. The number of methoxy groups -OCH3 is 1. The van der Waals surface area contributed by atoms with Gasteiger partial charge in [-0.25, -0.2) is 13.8 Å². The Hall–Kier alpha value is -1.95. The van der Waals surface area contributed by atoms with E-state index in [9.17, 15) is 13.6 Å². The van der Waals surface area contributed by atoms with Crippen molar-refractivity contribution in [3.05, 3.63) is 47.9 Å². The predicted molar refractivity (Wildman–Crippen MR) is 126 cm³/mol. The molecule has 0 spiro atoms. The summed E-state index contributed by atoms with van der Waals surface area (Å²) in [5.74, 6) is -0.136. The van der Waals surface area contributed by atoms with Gasteiger partial charge < -0.3 is 10.1 Å². The third-order valence-corrected chi connectivity index (χ3v) is 8.34. The van der Waals surface area contributed by atoms with Crippen LogP contribution in [-0.2, 0) is 0 Å². The number of aromatic nitrogens is 3. The van der Waals surface area contributed by atoms with Gasteiger partial charge in [-0.3, -0.25) is 9.48 Å². The van der Waals surface area contributed by atoms with Gasteiger partial charge in [0.25, 0.3) is 12.3 Å². The van der Waals surface area contributed by atoms with Gasteiger partial charge in [0.1, 0.15) is 17.1 Å². The molecule has 1 amide bonds. The first kappa shape index (κ1) is 22.3. The van der Waals surface area contributed by atoms with Crippen LogP contribution in [0.3, 0.4) is 0 Å². The summed E-state index contributed by atoms with van der Waals surface area (Å²) in [7, 11) is 3.40. The van der Waals surface area contributed by atoms with Crippen molar-refractivity contribution in [3.8, 4) is 5.75 Å². The van der Waals surface area contributed by atoms with Gasteiger partial charge in [0.05, 0.1) is 24.4 Å². The number of alkyl halides is 2. The average molecular weight is 558 g/mol. The fraction of sp³-hybridized carbons (Fsp3) is 0.381. The van der Waals surface area contributed by atoms with E-state index >= 15 is 0 Å². The first-order valence-corrected chi connectivity index (χ1v) is 13.3. The number of anilines is 1. The summed E-state index contributed by atoms with van der Waals surface area (Å²) in [5.41, 5.74) is 0.694. The summed E-state index contributed by atoms with van der Waals surface area (Å²) in [6.07, 6.45) is 3.76. The quantitative estimate of drug-likeness (QED) is 0.365. The van der Waals surface area contributed by atoms with Gasteiger partial charge in [0.15, 0.2) is 0 Å². The summed E-state index contributed by atoms with van der Waals surface area (Å²) in [6, 6.07) is 7.90. The number of hydrogen-bond acceptors (Lipinski definition) is 5. The zero-order chi connectivity index (χ0) is 22.0. The van der Waals surface area contributed by atoms with Crippen molar-refractivity contribution in [2.24, 2.45) is 0 Å². The van der Waals surface area contributed by atoms with E-state index in [4.69, 9.17) is 9.84 Å². The van der Waals surface area contributed by atoms with Crippen LogP contribution in [0.5, 0.6) is 5.75 Å². The van der Waals surface area contributed by atoms with Crippen molar-refractivity contribution in [1.82, 2.24) is 14.8 Å². The second kappa shape index (κ2) is 9.68. The minimum absolute atomic E-state index is 0.0828. The molecule has 6 nitrogen and oxygen atoms in total. The minimum atomic E-state index is -2.74. The van der Waals surface area contributed by atoms with E-state index in [0.717, 1.165) is 23.7 Å². The highest BCUT2D eigenvalue weighted by Gasteiger charge is 2.23. The zero-order valence-electron chi connectivity index (χ0n) is 16.7. The van der Waals surface area contributed by atoms with Crippen LogP contribution in [0.1, 0.15) is 54.3 Å². The van der Waals surface area contributed by atoms with Crippen molar-refractivity contribution < 1.29 is 18.3 Å². The van der Waals surface area contributed by atoms with Crippen LogP contribution in [-0.4, -0.2) is 33.0 Å². The molecule has 1 saturated carbocycles. The van der Waals surface area contributed by atoms with Crippen LogP contribution >= 0.6 is 30.1 Å². The average Bonchev–Trinajstić information content (AvgIpc) is 3.21. The van der Waals surface area contributed by atoms with Crippen LogP contribution in [0.25, 0.3) is 10.9 Å². The van der Waals surface area contributed by atoms with Crippen LogP contribution in [0.15, 0.2) is 36.5 Å². The lowest BCUT2D eigenvalue weighted by molar-refractivity contribution is 0.101. The van der Waals surface area contributed by atoms with E-state index in [1.165, 1.54) is 38.2 Å². The Kier molecular flexibility index (Phi) is 6.95. The smallest absolute Gasteiger partial charge is 0.280 e. The lowest BCUT2D eigenvalue weighted by atomic mass is 9.95. The van der Waals surface area contributed by atoms with Crippen LogP contribution in [0, 0.1) is 0 Å². The molecule has 2 aromatic heterocycles. The summed E-state index contributed by atoms with van der Waals surface area (Å²) >= 11 is 2.37. The molecule has 0 radical (unpaired) electrons. The number of nitrogens with zero attached hydrogens (tertiary/aromatic N) is 3. The molecule has 0 aliphatic heterocycles. The molecule has 1 aromatic carbocycles. The molecular formula is C21H21F2IN4O2S. The largest absolute Gasteiger partial charge is 0.494 e. The van der Waals surface area contributed by atoms with Crippen molar-refractivity contribution in [1.29, 1.82) is 0 Å². The van der Waals surface area contributed by atoms with E-state index < -0.39 is 18.0 Å². The van der Waals surface area contributed by atoms with Gasteiger partial charge >= 0.3 is 0 Å². The fourth-order valence-electron chi connectivity index (χ4n) is 3.81. The Morgan fingerprint density at radius 2 is 2.06 bits per heavy atom. The van der Waals surface area contributed by atoms with Gasteiger partial charge in [-0.2, -0.15) is 5.10 Å². The number of hydrogen-bond donors (Lipinski definition) is 1. The summed E-state index contributed by atoms with van der Waals surface area (Å²) < 4.78 is 33.2. The number of halogens is 3. The number of ether oxygens (including phenoxy) is 1.